The Morgan fingerprint density at radius 2 is 1.70 bits per heavy atom. The Hall–Kier alpha value is -3.41. The van der Waals surface area contributed by atoms with Crippen molar-refractivity contribution in [3.8, 4) is 22.7 Å². The van der Waals surface area contributed by atoms with Crippen LogP contribution in [0.15, 0.2) is 54.7 Å². The highest BCUT2D eigenvalue weighted by molar-refractivity contribution is 5.88. The van der Waals surface area contributed by atoms with Crippen LogP contribution >= 0.6 is 0 Å². The van der Waals surface area contributed by atoms with E-state index in [2.05, 4.69) is 5.10 Å². The molecule has 6 nitrogen and oxygen atoms in total. The zero-order valence-corrected chi connectivity index (χ0v) is 11.9. The van der Waals surface area contributed by atoms with Crippen LogP contribution in [0.1, 0.15) is 20.7 Å². The molecule has 2 aromatic carbocycles. The Balaban J connectivity index is 2.03. The fourth-order valence-electron chi connectivity index (χ4n) is 2.21. The third-order valence-electron chi connectivity index (χ3n) is 3.39. The lowest BCUT2D eigenvalue weighted by atomic mass is 10.1. The van der Waals surface area contributed by atoms with Crippen LogP contribution in [0.2, 0.25) is 0 Å². The molecule has 0 aliphatic rings. The lowest BCUT2D eigenvalue weighted by Crippen LogP contribution is -1.98. The molecule has 2 N–H and O–H groups in total. The summed E-state index contributed by atoms with van der Waals surface area (Å²) in [4.78, 5) is 22.2. The van der Waals surface area contributed by atoms with Gasteiger partial charge < -0.3 is 10.2 Å². The average Bonchev–Trinajstić information content (AvgIpc) is 3.00. The molecule has 3 rings (SSSR count). The van der Waals surface area contributed by atoms with Crippen molar-refractivity contribution in [2.24, 2.45) is 0 Å². The maximum atomic E-state index is 11.3. The minimum atomic E-state index is -1.00. The van der Waals surface area contributed by atoms with Crippen LogP contribution < -0.4 is 0 Å². The molecule has 3 aromatic rings. The van der Waals surface area contributed by atoms with Crippen LogP contribution in [0.3, 0.4) is 0 Å². The second-order valence-electron chi connectivity index (χ2n) is 4.89. The minimum Gasteiger partial charge on any atom is -0.508 e. The molecule has 0 amide bonds. The maximum Gasteiger partial charge on any atom is 0.335 e. The topological polar surface area (TPSA) is 92.4 Å². The maximum absolute atomic E-state index is 11.3. The number of hydrogen-bond donors (Lipinski definition) is 2. The molecule has 0 fully saturated rings. The molecule has 0 saturated heterocycles. The Morgan fingerprint density at radius 1 is 1.04 bits per heavy atom. The van der Waals surface area contributed by atoms with Crippen LogP contribution in [0.4, 0.5) is 0 Å². The molecule has 1 aromatic heterocycles. The first kappa shape index (κ1) is 14.5. The van der Waals surface area contributed by atoms with E-state index in [-0.39, 0.29) is 11.3 Å². The summed E-state index contributed by atoms with van der Waals surface area (Å²) in [5.74, 6) is -0.875. The Labute approximate surface area is 131 Å². The van der Waals surface area contributed by atoms with E-state index in [0.717, 1.165) is 0 Å². The van der Waals surface area contributed by atoms with E-state index >= 15 is 0 Å². The Morgan fingerprint density at radius 3 is 2.26 bits per heavy atom. The van der Waals surface area contributed by atoms with Crippen molar-refractivity contribution in [3.05, 3.63) is 65.9 Å². The highest BCUT2D eigenvalue weighted by Crippen LogP contribution is 2.24. The zero-order valence-electron chi connectivity index (χ0n) is 11.9. The summed E-state index contributed by atoms with van der Waals surface area (Å²) in [5.41, 5.74) is 2.41. The van der Waals surface area contributed by atoms with Crippen LogP contribution in [0.5, 0.6) is 5.75 Å². The quantitative estimate of drug-likeness (QED) is 0.723. The fraction of sp³-hybridized carbons (Fsp3) is 0. The second kappa shape index (κ2) is 5.76. The van der Waals surface area contributed by atoms with Crippen LogP contribution in [-0.4, -0.2) is 32.2 Å². The number of phenolic OH excluding ortho intramolecular Hbond substituents is 1. The summed E-state index contributed by atoms with van der Waals surface area (Å²) in [7, 11) is 0. The van der Waals surface area contributed by atoms with Gasteiger partial charge in [-0.05, 0) is 48.5 Å². The molecule has 114 valence electrons. The van der Waals surface area contributed by atoms with Gasteiger partial charge in [-0.2, -0.15) is 5.10 Å². The summed E-state index contributed by atoms with van der Waals surface area (Å²) in [6.07, 6.45) is 2.28. The lowest BCUT2D eigenvalue weighted by molar-refractivity contribution is 0.0696. The number of hydrogen-bond acceptors (Lipinski definition) is 4. The molecule has 0 aliphatic carbocycles. The summed E-state index contributed by atoms with van der Waals surface area (Å²) >= 11 is 0. The van der Waals surface area contributed by atoms with E-state index in [1.54, 1.807) is 30.5 Å². The highest BCUT2D eigenvalue weighted by atomic mass is 16.4. The lowest BCUT2D eigenvalue weighted by Gasteiger charge is -2.02. The van der Waals surface area contributed by atoms with Gasteiger partial charge in [-0.3, -0.25) is 4.79 Å². The van der Waals surface area contributed by atoms with Crippen molar-refractivity contribution in [1.29, 1.82) is 0 Å². The Bertz CT molecular complexity index is 865. The van der Waals surface area contributed by atoms with Gasteiger partial charge in [-0.1, -0.05) is 0 Å². The monoisotopic (exact) mass is 308 g/mol. The normalized spacial score (nSPS) is 10.4. The molecule has 0 spiro atoms. The third-order valence-corrected chi connectivity index (χ3v) is 3.39. The number of benzene rings is 2. The molecule has 0 bridgehead atoms. The number of aldehydes is 1. The molecular weight excluding hydrogens is 296 g/mol. The van der Waals surface area contributed by atoms with Gasteiger partial charge in [0.25, 0.3) is 0 Å². The third kappa shape index (κ3) is 2.82. The Kier molecular flexibility index (Phi) is 3.64. The first-order valence-corrected chi connectivity index (χ1v) is 6.76. The van der Waals surface area contributed by atoms with Crippen LogP contribution in [-0.2, 0) is 0 Å². The fourth-order valence-corrected chi connectivity index (χ4v) is 2.21. The van der Waals surface area contributed by atoms with Crippen molar-refractivity contribution in [2.75, 3.05) is 0 Å². The van der Waals surface area contributed by atoms with E-state index in [9.17, 15) is 14.7 Å². The van der Waals surface area contributed by atoms with Crippen molar-refractivity contribution >= 4 is 12.3 Å². The molecule has 0 atom stereocenters. The highest BCUT2D eigenvalue weighted by Gasteiger charge is 2.12. The van der Waals surface area contributed by atoms with Crippen LogP contribution in [0.25, 0.3) is 16.9 Å². The molecule has 0 radical (unpaired) electrons. The first-order valence-electron chi connectivity index (χ1n) is 6.76. The van der Waals surface area contributed by atoms with Gasteiger partial charge in [0.2, 0.25) is 0 Å². The van der Waals surface area contributed by atoms with Gasteiger partial charge in [0.15, 0.2) is 6.29 Å². The van der Waals surface area contributed by atoms with Crippen LogP contribution in [0, 0.1) is 0 Å². The predicted molar refractivity (Wildman–Crippen MR) is 83.0 cm³/mol. The largest absolute Gasteiger partial charge is 0.508 e. The standard InChI is InChI=1S/C17H12N2O4/c20-10-13-9-19(14-5-1-12(2-6-14)17(22)23)18-16(13)11-3-7-15(21)8-4-11/h1-10,21H,(H,22,23). The van der Waals surface area contributed by atoms with Crippen molar-refractivity contribution in [3.63, 3.8) is 0 Å². The number of aromatic nitrogens is 2. The van der Waals surface area contributed by atoms with Crippen molar-refractivity contribution < 1.29 is 19.8 Å². The van der Waals surface area contributed by atoms with Gasteiger partial charge in [0.05, 0.1) is 16.8 Å². The SMILES string of the molecule is O=Cc1cn(-c2ccc(C(=O)O)cc2)nc1-c1ccc(O)cc1. The average molecular weight is 308 g/mol. The first-order chi connectivity index (χ1) is 11.1. The van der Waals surface area contributed by atoms with E-state index < -0.39 is 5.97 Å². The summed E-state index contributed by atoms with van der Waals surface area (Å²) < 4.78 is 1.51. The summed E-state index contributed by atoms with van der Waals surface area (Å²) in [5, 5.41) is 22.6. The van der Waals surface area contributed by atoms with Gasteiger partial charge in [-0.15, -0.1) is 0 Å². The molecule has 0 saturated carbocycles. The molecule has 0 unspecified atom stereocenters. The van der Waals surface area contributed by atoms with Gasteiger partial charge in [0.1, 0.15) is 11.4 Å². The van der Waals surface area contributed by atoms with E-state index in [4.69, 9.17) is 5.11 Å². The van der Waals surface area contributed by atoms with Gasteiger partial charge in [-0.25, -0.2) is 9.48 Å². The molecule has 0 aliphatic heterocycles. The van der Waals surface area contributed by atoms with Crippen molar-refractivity contribution in [2.45, 2.75) is 0 Å². The van der Waals surface area contributed by atoms with E-state index in [1.807, 2.05) is 0 Å². The van der Waals surface area contributed by atoms with Gasteiger partial charge >= 0.3 is 5.97 Å². The van der Waals surface area contributed by atoms with Crippen molar-refractivity contribution in [1.82, 2.24) is 9.78 Å². The molecular formula is C17H12N2O4. The second-order valence-corrected chi connectivity index (χ2v) is 4.89. The number of carboxylic acid groups (broad SMARTS) is 1. The number of carbonyl (C=O) groups is 2. The number of aromatic carboxylic acids is 1. The number of carboxylic acids is 1. The molecule has 1 heterocycles. The summed E-state index contributed by atoms with van der Waals surface area (Å²) in [6.45, 7) is 0. The summed E-state index contributed by atoms with van der Waals surface area (Å²) in [6, 6.07) is 12.6. The zero-order chi connectivity index (χ0) is 16.4. The number of nitrogens with zero attached hydrogens (tertiary/aromatic N) is 2. The molecule has 23 heavy (non-hydrogen) atoms. The number of aromatic hydroxyl groups is 1. The number of rotatable bonds is 4. The van der Waals surface area contributed by atoms with Gasteiger partial charge in [0, 0.05) is 11.8 Å². The number of phenols is 1. The smallest absolute Gasteiger partial charge is 0.335 e. The predicted octanol–water partition coefficient (Wildman–Crippen LogP) is 2.76. The minimum absolute atomic E-state index is 0.130. The molecule has 6 heteroatoms. The van der Waals surface area contributed by atoms with E-state index in [1.165, 1.54) is 28.9 Å². The number of carbonyl (C=O) groups excluding carboxylic acids is 1. The van der Waals surface area contributed by atoms with E-state index in [0.29, 0.717) is 28.8 Å².